The molecule has 8 heteroatoms. The fourth-order valence-corrected chi connectivity index (χ4v) is 2.62. The second-order valence-corrected chi connectivity index (χ2v) is 5.29. The third-order valence-electron chi connectivity index (χ3n) is 4.01. The fraction of sp³-hybridized carbons (Fsp3) is 0.538. The Balaban J connectivity index is 2.34. The summed E-state index contributed by atoms with van der Waals surface area (Å²) in [4.78, 5) is 26.0. The summed E-state index contributed by atoms with van der Waals surface area (Å²) in [6, 6.07) is 2.28. The lowest BCUT2D eigenvalue weighted by molar-refractivity contribution is -0.384. The standard InChI is InChI=1S/C13H17N3O5/c1-13(12(17)18)7-3-4-9(13)14-11-8(16(19)20)5-6-10(15-11)21-2/h5-6,9H,3-4,7H2,1-2H3,(H,14,15)(H,17,18). The maximum atomic E-state index is 11.4. The maximum Gasteiger partial charge on any atom is 0.311 e. The molecule has 0 amide bonds. The third-order valence-corrected chi connectivity index (χ3v) is 4.01. The average molecular weight is 295 g/mol. The molecule has 114 valence electrons. The summed E-state index contributed by atoms with van der Waals surface area (Å²) in [7, 11) is 1.41. The van der Waals surface area contributed by atoms with Crippen molar-refractivity contribution in [2.45, 2.75) is 32.2 Å². The Morgan fingerprint density at radius 2 is 2.33 bits per heavy atom. The summed E-state index contributed by atoms with van der Waals surface area (Å²) < 4.78 is 4.96. The number of carboxylic acids is 1. The monoisotopic (exact) mass is 295 g/mol. The van der Waals surface area contributed by atoms with Crippen molar-refractivity contribution < 1.29 is 19.6 Å². The van der Waals surface area contributed by atoms with E-state index in [2.05, 4.69) is 10.3 Å². The predicted octanol–water partition coefficient (Wildman–Crippen LogP) is 2.05. The maximum absolute atomic E-state index is 11.4. The van der Waals surface area contributed by atoms with E-state index in [1.54, 1.807) is 6.92 Å². The number of nitro groups is 1. The highest BCUT2D eigenvalue weighted by Crippen LogP contribution is 2.41. The van der Waals surface area contributed by atoms with Crippen LogP contribution in [0, 0.1) is 15.5 Å². The molecule has 2 N–H and O–H groups in total. The number of carboxylic acid groups (broad SMARTS) is 1. The molecule has 1 saturated carbocycles. The molecule has 0 aliphatic heterocycles. The summed E-state index contributed by atoms with van der Waals surface area (Å²) in [5.41, 5.74) is -1.16. The van der Waals surface area contributed by atoms with Gasteiger partial charge in [-0.2, -0.15) is 4.98 Å². The van der Waals surface area contributed by atoms with Gasteiger partial charge < -0.3 is 15.2 Å². The van der Waals surface area contributed by atoms with E-state index < -0.39 is 22.3 Å². The number of rotatable bonds is 5. The van der Waals surface area contributed by atoms with Gasteiger partial charge in [0.15, 0.2) is 0 Å². The Morgan fingerprint density at radius 3 is 2.90 bits per heavy atom. The van der Waals surface area contributed by atoms with Crippen LogP contribution in [-0.4, -0.2) is 34.1 Å². The number of carbonyl (C=O) groups is 1. The molecule has 1 aromatic heterocycles. The molecule has 2 rings (SSSR count). The van der Waals surface area contributed by atoms with Crippen molar-refractivity contribution in [3.05, 3.63) is 22.2 Å². The first-order chi connectivity index (χ1) is 9.88. The number of nitrogens with one attached hydrogen (secondary N) is 1. The number of ether oxygens (including phenoxy) is 1. The van der Waals surface area contributed by atoms with Crippen LogP contribution in [0.15, 0.2) is 12.1 Å². The lowest BCUT2D eigenvalue weighted by atomic mass is 9.85. The molecule has 0 saturated heterocycles. The number of hydrogen-bond acceptors (Lipinski definition) is 6. The molecular weight excluding hydrogens is 278 g/mol. The molecule has 1 fully saturated rings. The van der Waals surface area contributed by atoms with Gasteiger partial charge in [-0.1, -0.05) is 6.42 Å². The number of aromatic nitrogens is 1. The van der Waals surface area contributed by atoms with E-state index in [-0.39, 0.29) is 17.4 Å². The van der Waals surface area contributed by atoms with Crippen molar-refractivity contribution in [2.75, 3.05) is 12.4 Å². The zero-order chi connectivity index (χ0) is 15.6. The molecule has 2 atom stereocenters. The predicted molar refractivity (Wildman–Crippen MR) is 74.4 cm³/mol. The molecular formula is C13H17N3O5. The summed E-state index contributed by atoms with van der Waals surface area (Å²) >= 11 is 0. The normalized spacial score (nSPS) is 24.6. The summed E-state index contributed by atoms with van der Waals surface area (Å²) in [5.74, 6) is -0.639. The van der Waals surface area contributed by atoms with E-state index in [1.165, 1.54) is 19.2 Å². The number of aliphatic carboxylic acids is 1. The minimum atomic E-state index is -0.960. The molecule has 1 aliphatic carbocycles. The van der Waals surface area contributed by atoms with Gasteiger partial charge >= 0.3 is 11.7 Å². The largest absolute Gasteiger partial charge is 0.481 e. The second-order valence-electron chi connectivity index (χ2n) is 5.29. The molecule has 0 radical (unpaired) electrons. The lowest BCUT2D eigenvalue weighted by Gasteiger charge is -2.28. The highest BCUT2D eigenvalue weighted by molar-refractivity contribution is 5.76. The Morgan fingerprint density at radius 1 is 1.62 bits per heavy atom. The number of pyridine rings is 1. The summed E-state index contributed by atoms with van der Waals surface area (Å²) in [6.45, 7) is 1.64. The van der Waals surface area contributed by atoms with Gasteiger partial charge in [-0.15, -0.1) is 0 Å². The van der Waals surface area contributed by atoms with Crippen molar-refractivity contribution >= 4 is 17.5 Å². The first kappa shape index (κ1) is 15.0. The van der Waals surface area contributed by atoms with Gasteiger partial charge in [-0.25, -0.2) is 0 Å². The SMILES string of the molecule is COc1ccc([N+](=O)[O-])c(NC2CCCC2(C)C(=O)O)n1. The van der Waals surface area contributed by atoms with Crippen LogP contribution in [0.3, 0.4) is 0 Å². The van der Waals surface area contributed by atoms with Crippen LogP contribution in [0.1, 0.15) is 26.2 Å². The smallest absolute Gasteiger partial charge is 0.311 e. The minimum absolute atomic E-state index is 0.0405. The van der Waals surface area contributed by atoms with Gasteiger partial charge in [0.1, 0.15) is 0 Å². The topological polar surface area (TPSA) is 115 Å². The van der Waals surface area contributed by atoms with Gasteiger partial charge in [0.2, 0.25) is 11.7 Å². The Bertz CT molecular complexity index is 577. The van der Waals surface area contributed by atoms with Crippen molar-refractivity contribution in [1.29, 1.82) is 0 Å². The number of anilines is 1. The van der Waals surface area contributed by atoms with Crippen LogP contribution in [0.4, 0.5) is 11.5 Å². The molecule has 0 spiro atoms. The van der Waals surface area contributed by atoms with Crippen molar-refractivity contribution in [1.82, 2.24) is 4.98 Å². The molecule has 1 aliphatic rings. The Kier molecular flexibility index (Phi) is 3.97. The van der Waals surface area contributed by atoms with Crippen molar-refractivity contribution in [3.8, 4) is 5.88 Å². The van der Waals surface area contributed by atoms with E-state index >= 15 is 0 Å². The highest BCUT2D eigenvalue weighted by Gasteiger charge is 2.46. The van der Waals surface area contributed by atoms with Gasteiger partial charge in [0.25, 0.3) is 0 Å². The number of methoxy groups -OCH3 is 1. The molecule has 1 heterocycles. The molecule has 8 nitrogen and oxygen atoms in total. The van der Waals surface area contributed by atoms with Crippen LogP contribution in [0.25, 0.3) is 0 Å². The Hall–Kier alpha value is -2.38. The van der Waals surface area contributed by atoms with Gasteiger partial charge in [0, 0.05) is 18.2 Å². The van der Waals surface area contributed by atoms with Crippen LogP contribution in [-0.2, 0) is 4.79 Å². The number of hydrogen-bond donors (Lipinski definition) is 2. The van der Waals surface area contributed by atoms with Crippen LogP contribution < -0.4 is 10.1 Å². The third kappa shape index (κ3) is 2.74. The van der Waals surface area contributed by atoms with Crippen molar-refractivity contribution in [3.63, 3.8) is 0 Å². The summed E-state index contributed by atoms with van der Waals surface area (Å²) in [5, 5.41) is 23.4. The fourth-order valence-electron chi connectivity index (χ4n) is 2.62. The van der Waals surface area contributed by atoms with E-state index in [9.17, 15) is 20.0 Å². The van der Waals surface area contributed by atoms with E-state index in [1.807, 2.05) is 0 Å². The first-order valence-corrected chi connectivity index (χ1v) is 6.58. The second kappa shape index (κ2) is 5.55. The molecule has 0 bridgehead atoms. The molecule has 0 aromatic carbocycles. The quantitative estimate of drug-likeness (QED) is 0.631. The van der Waals surface area contributed by atoms with Gasteiger partial charge in [-0.3, -0.25) is 14.9 Å². The lowest BCUT2D eigenvalue weighted by Crippen LogP contribution is -2.40. The van der Waals surface area contributed by atoms with E-state index in [0.717, 1.165) is 6.42 Å². The minimum Gasteiger partial charge on any atom is -0.481 e. The zero-order valence-corrected chi connectivity index (χ0v) is 11.8. The number of nitrogens with zero attached hydrogens (tertiary/aromatic N) is 2. The van der Waals surface area contributed by atoms with Gasteiger partial charge in [-0.05, 0) is 19.8 Å². The van der Waals surface area contributed by atoms with Crippen LogP contribution in [0.2, 0.25) is 0 Å². The molecule has 21 heavy (non-hydrogen) atoms. The zero-order valence-electron chi connectivity index (χ0n) is 11.8. The van der Waals surface area contributed by atoms with E-state index in [0.29, 0.717) is 12.8 Å². The molecule has 1 aromatic rings. The van der Waals surface area contributed by atoms with Crippen molar-refractivity contribution in [2.24, 2.45) is 5.41 Å². The van der Waals surface area contributed by atoms with E-state index in [4.69, 9.17) is 4.74 Å². The highest BCUT2D eigenvalue weighted by atomic mass is 16.6. The van der Waals surface area contributed by atoms with Crippen LogP contribution >= 0.6 is 0 Å². The average Bonchev–Trinajstić information content (AvgIpc) is 2.81. The first-order valence-electron chi connectivity index (χ1n) is 6.58. The van der Waals surface area contributed by atoms with Crippen LogP contribution in [0.5, 0.6) is 5.88 Å². The van der Waals surface area contributed by atoms with Gasteiger partial charge in [0.05, 0.1) is 17.4 Å². The Labute approximate surface area is 121 Å². The molecule has 2 unspecified atom stereocenters. The summed E-state index contributed by atoms with van der Waals surface area (Å²) in [6.07, 6.45) is 1.90.